The molecule has 0 aromatic rings. The molecule has 1 N–H and O–H groups in total. The summed E-state index contributed by atoms with van der Waals surface area (Å²) in [7, 11) is 0. The van der Waals surface area contributed by atoms with Crippen molar-refractivity contribution >= 4 is 0 Å². The molecule has 1 heterocycles. The molecule has 1 fully saturated rings. The topological polar surface area (TPSA) is 15.3 Å². The first-order chi connectivity index (χ1) is 8.71. The Morgan fingerprint density at radius 1 is 1.39 bits per heavy atom. The lowest BCUT2D eigenvalue weighted by atomic mass is 9.91. The third kappa shape index (κ3) is 5.00. The van der Waals surface area contributed by atoms with Gasteiger partial charge in [-0.05, 0) is 51.6 Å². The Morgan fingerprint density at radius 2 is 2.17 bits per heavy atom. The summed E-state index contributed by atoms with van der Waals surface area (Å²) in [5, 5.41) is 3.64. The fourth-order valence-electron chi connectivity index (χ4n) is 2.98. The van der Waals surface area contributed by atoms with Gasteiger partial charge < -0.3 is 10.2 Å². The number of hydrogen-bond acceptors (Lipinski definition) is 2. The Hall–Kier alpha value is -0.520. The second-order valence-corrected chi connectivity index (χ2v) is 5.67. The number of hydrogen-bond donors (Lipinski definition) is 1. The van der Waals surface area contributed by atoms with Crippen molar-refractivity contribution in [1.29, 1.82) is 0 Å². The largest absolute Gasteiger partial charge is 0.303 e. The van der Waals surface area contributed by atoms with E-state index in [1.54, 1.807) is 0 Å². The summed E-state index contributed by atoms with van der Waals surface area (Å²) in [5.41, 5.74) is 0. The van der Waals surface area contributed by atoms with Crippen LogP contribution in [0.15, 0.2) is 0 Å². The van der Waals surface area contributed by atoms with E-state index in [4.69, 9.17) is 6.42 Å². The fourth-order valence-corrected chi connectivity index (χ4v) is 2.98. The standard InChI is InChI=1S/C16H30N2/c1-5-9-16(7-3)17-14(4)15-10-8-12-18(13-15)11-6-2/h3,14-17H,5-6,8-13H2,1-2,4H3. The van der Waals surface area contributed by atoms with Crippen LogP contribution in [0.2, 0.25) is 0 Å². The lowest BCUT2D eigenvalue weighted by molar-refractivity contribution is 0.148. The molecule has 3 atom stereocenters. The summed E-state index contributed by atoms with van der Waals surface area (Å²) >= 11 is 0. The Kier molecular flexibility index (Phi) is 7.39. The number of piperidine rings is 1. The van der Waals surface area contributed by atoms with E-state index in [0.717, 1.165) is 18.8 Å². The molecule has 0 spiro atoms. The number of terminal acetylenes is 1. The van der Waals surface area contributed by atoms with Gasteiger partial charge in [-0.3, -0.25) is 0 Å². The van der Waals surface area contributed by atoms with E-state index in [0.29, 0.717) is 6.04 Å². The summed E-state index contributed by atoms with van der Waals surface area (Å²) in [6.07, 6.45) is 11.8. The average molecular weight is 250 g/mol. The molecule has 0 radical (unpaired) electrons. The molecule has 0 saturated carbocycles. The zero-order valence-electron chi connectivity index (χ0n) is 12.4. The van der Waals surface area contributed by atoms with E-state index in [1.165, 1.54) is 38.9 Å². The Balaban J connectivity index is 2.40. The zero-order valence-corrected chi connectivity index (χ0v) is 12.4. The molecule has 2 heteroatoms. The number of rotatable bonds is 7. The highest BCUT2D eigenvalue weighted by atomic mass is 15.1. The first-order valence-electron chi connectivity index (χ1n) is 7.65. The van der Waals surface area contributed by atoms with E-state index in [1.807, 2.05) is 0 Å². The van der Waals surface area contributed by atoms with Crippen LogP contribution >= 0.6 is 0 Å². The minimum absolute atomic E-state index is 0.256. The van der Waals surface area contributed by atoms with Gasteiger partial charge in [-0.15, -0.1) is 6.42 Å². The molecule has 1 aliphatic heterocycles. The van der Waals surface area contributed by atoms with Crippen LogP contribution in [-0.4, -0.2) is 36.6 Å². The molecule has 18 heavy (non-hydrogen) atoms. The smallest absolute Gasteiger partial charge is 0.0688 e. The van der Waals surface area contributed by atoms with Crippen molar-refractivity contribution < 1.29 is 0 Å². The van der Waals surface area contributed by atoms with Crippen LogP contribution in [0.4, 0.5) is 0 Å². The van der Waals surface area contributed by atoms with Crippen LogP contribution < -0.4 is 5.32 Å². The molecule has 2 nitrogen and oxygen atoms in total. The van der Waals surface area contributed by atoms with Gasteiger partial charge in [0.25, 0.3) is 0 Å². The number of nitrogens with zero attached hydrogens (tertiary/aromatic N) is 1. The van der Waals surface area contributed by atoms with Crippen molar-refractivity contribution in [3.8, 4) is 12.3 Å². The predicted octanol–water partition coefficient (Wildman–Crippen LogP) is 2.89. The SMILES string of the molecule is C#CC(CCC)NC(C)C1CCCN(CCC)C1. The van der Waals surface area contributed by atoms with Crippen LogP contribution in [-0.2, 0) is 0 Å². The highest BCUT2D eigenvalue weighted by molar-refractivity contribution is 5.00. The molecular formula is C16H30N2. The molecule has 1 saturated heterocycles. The summed E-state index contributed by atoms with van der Waals surface area (Å²) in [6.45, 7) is 10.5. The van der Waals surface area contributed by atoms with Gasteiger partial charge in [0.1, 0.15) is 0 Å². The lowest BCUT2D eigenvalue weighted by Gasteiger charge is -2.36. The molecule has 0 aliphatic carbocycles. The van der Waals surface area contributed by atoms with Crippen molar-refractivity contribution in [3.63, 3.8) is 0 Å². The average Bonchev–Trinajstić information content (AvgIpc) is 2.39. The molecule has 1 aliphatic rings. The van der Waals surface area contributed by atoms with Crippen molar-refractivity contribution in [2.45, 2.75) is 65.0 Å². The normalized spacial score (nSPS) is 24.4. The lowest BCUT2D eigenvalue weighted by Crippen LogP contribution is -2.47. The van der Waals surface area contributed by atoms with Gasteiger partial charge in [0, 0.05) is 12.6 Å². The van der Waals surface area contributed by atoms with Crippen LogP contribution in [0.5, 0.6) is 0 Å². The second kappa shape index (κ2) is 8.56. The maximum atomic E-state index is 5.59. The van der Waals surface area contributed by atoms with E-state index < -0.39 is 0 Å². The monoisotopic (exact) mass is 250 g/mol. The Bertz CT molecular complexity index is 254. The van der Waals surface area contributed by atoms with Crippen molar-refractivity contribution in [2.75, 3.05) is 19.6 Å². The molecule has 104 valence electrons. The van der Waals surface area contributed by atoms with Gasteiger partial charge in [0.2, 0.25) is 0 Å². The van der Waals surface area contributed by atoms with Crippen LogP contribution in [0.1, 0.15) is 52.9 Å². The molecule has 3 unspecified atom stereocenters. The maximum Gasteiger partial charge on any atom is 0.0688 e. The molecule has 0 aromatic carbocycles. The maximum absolute atomic E-state index is 5.59. The van der Waals surface area contributed by atoms with E-state index in [2.05, 4.69) is 36.9 Å². The van der Waals surface area contributed by atoms with Gasteiger partial charge in [-0.25, -0.2) is 0 Å². The van der Waals surface area contributed by atoms with Crippen LogP contribution in [0.25, 0.3) is 0 Å². The molecule has 0 amide bonds. The third-order valence-electron chi connectivity index (χ3n) is 4.03. The van der Waals surface area contributed by atoms with Gasteiger partial charge >= 0.3 is 0 Å². The van der Waals surface area contributed by atoms with Crippen LogP contribution in [0, 0.1) is 18.3 Å². The molecule has 1 rings (SSSR count). The summed E-state index contributed by atoms with van der Waals surface area (Å²) in [6, 6.07) is 0.795. The van der Waals surface area contributed by atoms with Crippen LogP contribution in [0.3, 0.4) is 0 Å². The number of nitrogens with one attached hydrogen (secondary N) is 1. The van der Waals surface area contributed by atoms with E-state index in [9.17, 15) is 0 Å². The summed E-state index contributed by atoms with van der Waals surface area (Å²) in [4.78, 5) is 2.61. The highest BCUT2D eigenvalue weighted by Crippen LogP contribution is 2.20. The Labute approximate surface area is 114 Å². The fraction of sp³-hybridized carbons (Fsp3) is 0.875. The Morgan fingerprint density at radius 3 is 2.78 bits per heavy atom. The molecular weight excluding hydrogens is 220 g/mol. The first kappa shape index (κ1) is 15.5. The third-order valence-corrected chi connectivity index (χ3v) is 4.03. The number of likely N-dealkylation sites (tertiary alicyclic amines) is 1. The second-order valence-electron chi connectivity index (χ2n) is 5.67. The van der Waals surface area contributed by atoms with E-state index >= 15 is 0 Å². The summed E-state index contributed by atoms with van der Waals surface area (Å²) < 4.78 is 0. The van der Waals surface area contributed by atoms with Gasteiger partial charge in [0.05, 0.1) is 6.04 Å². The predicted molar refractivity (Wildman–Crippen MR) is 79.6 cm³/mol. The van der Waals surface area contributed by atoms with Gasteiger partial charge in [0.15, 0.2) is 0 Å². The minimum Gasteiger partial charge on any atom is -0.303 e. The first-order valence-corrected chi connectivity index (χ1v) is 7.65. The van der Waals surface area contributed by atoms with Crippen molar-refractivity contribution in [1.82, 2.24) is 10.2 Å². The molecule has 0 aromatic heterocycles. The molecule has 0 bridgehead atoms. The van der Waals surface area contributed by atoms with Crippen molar-refractivity contribution in [2.24, 2.45) is 5.92 Å². The van der Waals surface area contributed by atoms with Gasteiger partial charge in [-0.2, -0.15) is 0 Å². The van der Waals surface area contributed by atoms with E-state index in [-0.39, 0.29) is 6.04 Å². The van der Waals surface area contributed by atoms with Crippen molar-refractivity contribution in [3.05, 3.63) is 0 Å². The highest BCUT2D eigenvalue weighted by Gasteiger charge is 2.25. The quantitative estimate of drug-likeness (QED) is 0.699. The zero-order chi connectivity index (χ0) is 13.4. The minimum atomic E-state index is 0.256. The summed E-state index contributed by atoms with van der Waals surface area (Å²) in [5.74, 6) is 3.65. The van der Waals surface area contributed by atoms with Gasteiger partial charge in [-0.1, -0.05) is 26.2 Å².